The summed E-state index contributed by atoms with van der Waals surface area (Å²) < 4.78 is 16.4. The number of carbonyl (C=O) groups excluding carboxylic acids is 1. The van der Waals surface area contributed by atoms with Crippen molar-refractivity contribution in [2.24, 2.45) is 0 Å². The summed E-state index contributed by atoms with van der Waals surface area (Å²) in [7, 11) is 0. The van der Waals surface area contributed by atoms with Crippen LogP contribution in [0, 0.1) is 15.9 Å². The molecule has 0 atom stereocenters. The lowest BCUT2D eigenvalue weighted by Crippen LogP contribution is -2.11. The molecule has 9 nitrogen and oxygen atoms in total. The molecule has 0 aliphatic carbocycles. The first-order valence-corrected chi connectivity index (χ1v) is 9.30. The van der Waals surface area contributed by atoms with E-state index in [2.05, 4.69) is 15.5 Å². The second-order valence-corrected chi connectivity index (χ2v) is 6.86. The molecule has 1 N–H and O–H groups in total. The van der Waals surface area contributed by atoms with Crippen molar-refractivity contribution >= 4 is 17.3 Å². The van der Waals surface area contributed by atoms with Gasteiger partial charge in [0.25, 0.3) is 5.91 Å². The van der Waals surface area contributed by atoms with Crippen LogP contribution in [0.2, 0.25) is 0 Å². The molecule has 0 unspecified atom stereocenters. The maximum atomic E-state index is 13.3. The molecule has 0 saturated heterocycles. The summed E-state index contributed by atoms with van der Waals surface area (Å²) in [6, 6.07) is 13.1. The lowest BCUT2D eigenvalue weighted by atomic mass is 10.1. The zero-order valence-electron chi connectivity index (χ0n) is 16.2. The van der Waals surface area contributed by atoms with Crippen LogP contribution in [0.3, 0.4) is 0 Å². The van der Waals surface area contributed by atoms with E-state index in [0.717, 1.165) is 11.1 Å². The maximum absolute atomic E-state index is 13.3. The number of anilines is 1. The number of hydrogen-bond donors (Lipinski definition) is 1. The quantitative estimate of drug-likeness (QED) is 0.364. The van der Waals surface area contributed by atoms with E-state index < -0.39 is 4.92 Å². The fourth-order valence-electron chi connectivity index (χ4n) is 3.02. The van der Waals surface area contributed by atoms with Crippen molar-refractivity contribution in [2.75, 3.05) is 5.32 Å². The number of nitro groups is 1. The van der Waals surface area contributed by atoms with Crippen molar-refractivity contribution in [3.8, 4) is 0 Å². The van der Waals surface area contributed by atoms with Crippen LogP contribution in [-0.4, -0.2) is 30.4 Å². The van der Waals surface area contributed by atoms with Crippen molar-refractivity contribution < 1.29 is 14.1 Å². The predicted octanol–water partition coefficient (Wildman–Crippen LogP) is 3.48. The van der Waals surface area contributed by atoms with Crippen LogP contribution >= 0.6 is 0 Å². The zero-order chi connectivity index (χ0) is 21.8. The summed E-state index contributed by atoms with van der Waals surface area (Å²) in [4.78, 5) is 22.7. The number of benzene rings is 2. The Labute approximate surface area is 175 Å². The van der Waals surface area contributed by atoms with Crippen LogP contribution in [0.5, 0.6) is 0 Å². The number of aromatic nitrogens is 4. The zero-order valence-corrected chi connectivity index (χ0v) is 16.2. The van der Waals surface area contributed by atoms with Gasteiger partial charge in [0.05, 0.1) is 29.9 Å². The SMILES string of the molecule is O=C(Nc1cnn(Cc2cccc(F)c2)c1)c1ccc(Cn2cc([N+](=O)[O-])cn2)cc1. The number of carbonyl (C=O) groups is 1. The first-order valence-electron chi connectivity index (χ1n) is 9.30. The topological polar surface area (TPSA) is 108 Å². The third-order valence-electron chi connectivity index (χ3n) is 4.52. The van der Waals surface area contributed by atoms with E-state index in [4.69, 9.17) is 0 Å². The average molecular weight is 420 g/mol. The molecule has 2 heterocycles. The Kier molecular flexibility index (Phi) is 5.52. The van der Waals surface area contributed by atoms with Crippen molar-refractivity contribution in [3.05, 3.63) is 106 Å². The lowest BCUT2D eigenvalue weighted by molar-refractivity contribution is -0.385. The van der Waals surface area contributed by atoms with Gasteiger partial charge in [0.1, 0.15) is 18.2 Å². The second kappa shape index (κ2) is 8.57. The normalized spacial score (nSPS) is 10.7. The van der Waals surface area contributed by atoms with Gasteiger partial charge in [0, 0.05) is 11.8 Å². The molecule has 156 valence electrons. The fraction of sp³-hybridized carbons (Fsp3) is 0.0952. The van der Waals surface area contributed by atoms with Gasteiger partial charge in [-0.05, 0) is 35.4 Å². The molecule has 4 rings (SSSR count). The van der Waals surface area contributed by atoms with Gasteiger partial charge in [-0.15, -0.1) is 0 Å². The largest absolute Gasteiger partial charge is 0.319 e. The number of nitrogens with zero attached hydrogens (tertiary/aromatic N) is 5. The van der Waals surface area contributed by atoms with Crippen molar-refractivity contribution in [1.29, 1.82) is 0 Å². The van der Waals surface area contributed by atoms with Crippen LogP contribution in [0.25, 0.3) is 0 Å². The Hall–Kier alpha value is -4.34. The monoisotopic (exact) mass is 420 g/mol. The first-order chi connectivity index (χ1) is 15.0. The standard InChI is InChI=1S/C21H17FN6O3/c22-18-3-1-2-16(8-18)12-26-13-19(9-23-26)25-21(29)17-6-4-15(5-7-17)11-27-14-20(10-24-27)28(30)31/h1-10,13-14H,11-12H2,(H,25,29). The summed E-state index contributed by atoms with van der Waals surface area (Å²) in [6.45, 7) is 0.733. The predicted molar refractivity (Wildman–Crippen MR) is 110 cm³/mol. The second-order valence-electron chi connectivity index (χ2n) is 6.86. The number of rotatable bonds is 7. The molecule has 2 aromatic heterocycles. The highest BCUT2D eigenvalue weighted by Crippen LogP contribution is 2.14. The molecular weight excluding hydrogens is 403 g/mol. The molecule has 0 bridgehead atoms. The maximum Gasteiger partial charge on any atom is 0.307 e. The lowest BCUT2D eigenvalue weighted by Gasteiger charge is -2.05. The number of halogens is 1. The Balaban J connectivity index is 1.36. The van der Waals surface area contributed by atoms with Crippen LogP contribution in [0.15, 0.2) is 73.3 Å². The molecule has 10 heteroatoms. The highest BCUT2D eigenvalue weighted by Gasteiger charge is 2.11. The van der Waals surface area contributed by atoms with E-state index in [1.165, 1.54) is 35.4 Å². The van der Waals surface area contributed by atoms with Crippen molar-refractivity contribution in [3.63, 3.8) is 0 Å². The number of amides is 1. The van der Waals surface area contributed by atoms with E-state index >= 15 is 0 Å². The summed E-state index contributed by atoms with van der Waals surface area (Å²) in [5, 5.41) is 21.6. The van der Waals surface area contributed by atoms with Crippen LogP contribution < -0.4 is 5.32 Å². The third-order valence-corrected chi connectivity index (χ3v) is 4.52. The number of nitrogens with one attached hydrogen (secondary N) is 1. The molecule has 0 saturated carbocycles. The molecule has 1 amide bonds. The van der Waals surface area contributed by atoms with E-state index in [-0.39, 0.29) is 17.4 Å². The Morgan fingerprint density at radius 1 is 1.00 bits per heavy atom. The van der Waals surface area contributed by atoms with E-state index in [1.807, 2.05) is 0 Å². The number of hydrogen-bond acceptors (Lipinski definition) is 5. The third kappa shape index (κ3) is 4.99. The van der Waals surface area contributed by atoms with Crippen molar-refractivity contribution in [1.82, 2.24) is 19.6 Å². The minimum Gasteiger partial charge on any atom is -0.319 e. The van der Waals surface area contributed by atoms with Gasteiger partial charge in [-0.1, -0.05) is 24.3 Å². The Bertz CT molecular complexity index is 1230. The fourth-order valence-corrected chi connectivity index (χ4v) is 3.02. The van der Waals surface area contributed by atoms with Gasteiger partial charge in [-0.25, -0.2) is 4.39 Å². The van der Waals surface area contributed by atoms with E-state index in [9.17, 15) is 19.3 Å². The molecule has 0 radical (unpaired) electrons. The van der Waals surface area contributed by atoms with Crippen molar-refractivity contribution in [2.45, 2.75) is 13.1 Å². The molecule has 4 aromatic rings. The average Bonchev–Trinajstić information content (AvgIpc) is 3.38. The van der Waals surface area contributed by atoms with Crippen LogP contribution in [-0.2, 0) is 13.1 Å². The molecule has 0 spiro atoms. The van der Waals surface area contributed by atoms with Gasteiger partial charge >= 0.3 is 5.69 Å². The summed E-state index contributed by atoms with van der Waals surface area (Å²) in [5.74, 6) is -0.612. The van der Waals surface area contributed by atoms with Gasteiger partial charge in [-0.2, -0.15) is 10.2 Å². The minimum atomic E-state index is -0.503. The summed E-state index contributed by atoms with van der Waals surface area (Å²) >= 11 is 0. The van der Waals surface area contributed by atoms with Crippen LogP contribution in [0.4, 0.5) is 15.8 Å². The van der Waals surface area contributed by atoms with Crippen LogP contribution in [0.1, 0.15) is 21.5 Å². The summed E-state index contributed by atoms with van der Waals surface area (Å²) in [6.07, 6.45) is 5.73. The molecule has 31 heavy (non-hydrogen) atoms. The highest BCUT2D eigenvalue weighted by molar-refractivity contribution is 6.04. The van der Waals surface area contributed by atoms with Gasteiger partial charge in [-0.3, -0.25) is 24.3 Å². The molecule has 0 aliphatic rings. The van der Waals surface area contributed by atoms with Gasteiger partial charge < -0.3 is 5.32 Å². The Morgan fingerprint density at radius 3 is 2.42 bits per heavy atom. The minimum absolute atomic E-state index is 0.0751. The summed E-state index contributed by atoms with van der Waals surface area (Å²) in [5.41, 5.74) is 2.51. The molecule has 0 aliphatic heterocycles. The first kappa shape index (κ1) is 20.0. The Morgan fingerprint density at radius 2 is 1.71 bits per heavy atom. The van der Waals surface area contributed by atoms with Gasteiger partial charge in [0.15, 0.2) is 0 Å². The highest BCUT2D eigenvalue weighted by atomic mass is 19.1. The smallest absolute Gasteiger partial charge is 0.307 e. The molecular formula is C21H17FN6O3. The van der Waals surface area contributed by atoms with Gasteiger partial charge in [0.2, 0.25) is 0 Å². The van der Waals surface area contributed by atoms with E-state index in [1.54, 1.807) is 47.3 Å². The molecule has 2 aromatic carbocycles. The van der Waals surface area contributed by atoms with E-state index in [0.29, 0.717) is 24.3 Å². The molecule has 0 fully saturated rings.